The summed E-state index contributed by atoms with van der Waals surface area (Å²) < 4.78 is 40.9. The van der Waals surface area contributed by atoms with Crippen LogP contribution in [0.1, 0.15) is 37.8 Å². The van der Waals surface area contributed by atoms with E-state index >= 15 is 0 Å². The SMILES string of the molecule is CCOC(CCC#Cn1cc(CCNS(=O)(=O)c2ccc(C)cc2)c2ccccc21)OCC. The Bertz CT molecular complexity index is 1200. The van der Waals surface area contributed by atoms with Crippen molar-refractivity contribution in [2.24, 2.45) is 0 Å². The highest BCUT2D eigenvalue weighted by atomic mass is 32.2. The molecule has 3 rings (SSSR count). The number of nitrogens with one attached hydrogen (secondary N) is 1. The van der Waals surface area contributed by atoms with Crippen molar-refractivity contribution >= 4 is 20.9 Å². The second-order valence-corrected chi connectivity index (χ2v) is 9.44. The van der Waals surface area contributed by atoms with Crippen LogP contribution in [-0.2, 0) is 25.9 Å². The first-order chi connectivity index (χ1) is 15.9. The highest BCUT2D eigenvalue weighted by molar-refractivity contribution is 7.89. The Balaban J connectivity index is 1.67. The number of aromatic nitrogens is 1. The van der Waals surface area contributed by atoms with Crippen molar-refractivity contribution in [2.75, 3.05) is 19.8 Å². The summed E-state index contributed by atoms with van der Waals surface area (Å²) in [5.41, 5.74) is 3.08. The highest BCUT2D eigenvalue weighted by Crippen LogP contribution is 2.21. The summed E-state index contributed by atoms with van der Waals surface area (Å²) in [4.78, 5) is 0.277. The fourth-order valence-electron chi connectivity index (χ4n) is 3.58. The van der Waals surface area contributed by atoms with E-state index in [1.165, 1.54) is 0 Å². The fourth-order valence-corrected chi connectivity index (χ4v) is 4.61. The lowest BCUT2D eigenvalue weighted by molar-refractivity contribution is -0.138. The van der Waals surface area contributed by atoms with E-state index in [-0.39, 0.29) is 11.2 Å². The molecule has 1 aromatic heterocycles. The maximum absolute atomic E-state index is 12.6. The molecule has 176 valence electrons. The van der Waals surface area contributed by atoms with E-state index in [1.54, 1.807) is 24.3 Å². The van der Waals surface area contributed by atoms with Gasteiger partial charge in [0.15, 0.2) is 6.29 Å². The third-order valence-corrected chi connectivity index (χ3v) is 6.70. The summed E-state index contributed by atoms with van der Waals surface area (Å²) in [6.07, 6.45) is 3.69. The van der Waals surface area contributed by atoms with Crippen LogP contribution >= 0.6 is 0 Å². The first kappa shape index (κ1) is 25.0. The van der Waals surface area contributed by atoms with E-state index in [0.717, 1.165) is 22.0 Å². The van der Waals surface area contributed by atoms with Crippen molar-refractivity contribution in [1.29, 1.82) is 0 Å². The molecule has 33 heavy (non-hydrogen) atoms. The first-order valence-corrected chi connectivity index (χ1v) is 12.8. The third kappa shape index (κ3) is 6.92. The van der Waals surface area contributed by atoms with Crippen molar-refractivity contribution in [3.63, 3.8) is 0 Å². The molecule has 7 heteroatoms. The molecule has 0 saturated heterocycles. The van der Waals surface area contributed by atoms with E-state index < -0.39 is 10.0 Å². The lowest BCUT2D eigenvalue weighted by Crippen LogP contribution is -2.25. The molecule has 6 nitrogen and oxygen atoms in total. The van der Waals surface area contributed by atoms with Gasteiger partial charge in [-0.1, -0.05) is 41.8 Å². The molecule has 0 unspecified atom stereocenters. The maximum atomic E-state index is 12.6. The van der Waals surface area contributed by atoms with Crippen molar-refractivity contribution in [1.82, 2.24) is 9.29 Å². The molecule has 1 heterocycles. The molecule has 3 aromatic rings. The van der Waals surface area contributed by atoms with Crippen LogP contribution in [-0.4, -0.2) is 39.0 Å². The number of ether oxygens (including phenoxy) is 2. The van der Waals surface area contributed by atoms with Gasteiger partial charge in [0, 0.05) is 50.2 Å². The number of para-hydroxylation sites is 1. The molecule has 2 aromatic carbocycles. The molecule has 0 amide bonds. The Kier molecular flexibility index (Phi) is 9.10. The van der Waals surface area contributed by atoms with Crippen LogP contribution < -0.4 is 4.72 Å². The maximum Gasteiger partial charge on any atom is 0.240 e. The van der Waals surface area contributed by atoms with Crippen LogP contribution in [0.15, 0.2) is 59.6 Å². The predicted octanol–water partition coefficient (Wildman–Crippen LogP) is 4.46. The molecule has 0 saturated carbocycles. The average Bonchev–Trinajstić information content (AvgIpc) is 3.15. The second kappa shape index (κ2) is 12.0. The van der Waals surface area contributed by atoms with Gasteiger partial charge >= 0.3 is 0 Å². The van der Waals surface area contributed by atoms with Gasteiger partial charge in [0.25, 0.3) is 0 Å². The number of sulfonamides is 1. The number of hydrogen-bond acceptors (Lipinski definition) is 4. The average molecular weight is 469 g/mol. The zero-order valence-electron chi connectivity index (χ0n) is 19.5. The van der Waals surface area contributed by atoms with Crippen LogP contribution in [0.25, 0.3) is 10.9 Å². The van der Waals surface area contributed by atoms with Crippen molar-refractivity contribution in [2.45, 2.75) is 51.2 Å². The van der Waals surface area contributed by atoms with E-state index in [1.807, 2.05) is 55.8 Å². The topological polar surface area (TPSA) is 69.6 Å². The summed E-state index contributed by atoms with van der Waals surface area (Å²) in [6, 6.07) is 18.1. The minimum Gasteiger partial charge on any atom is -0.353 e. The monoisotopic (exact) mass is 468 g/mol. The number of benzene rings is 2. The summed E-state index contributed by atoms with van der Waals surface area (Å²) in [5.74, 6) is 3.20. The molecule has 0 aliphatic carbocycles. The van der Waals surface area contributed by atoms with Crippen molar-refractivity contribution in [3.05, 3.63) is 65.9 Å². The minimum atomic E-state index is -3.54. The number of rotatable bonds is 11. The minimum absolute atomic E-state index is 0.229. The Hall–Kier alpha value is -2.63. The Morgan fingerprint density at radius 2 is 1.73 bits per heavy atom. The van der Waals surface area contributed by atoms with Gasteiger partial charge in [-0.25, -0.2) is 13.1 Å². The molecule has 0 spiro atoms. The van der Waals surface area contributed by atoms with Crippen molar-refractivity contribution in [3.8, 4) is 12.0 Å². The van der Waals surface area contributed by atoms with Crippen molar-refractivity contribution < 1.29 is 17.9 Å². The van der Waals surface area contributed by atoms with Crippen LogP contribution in [0.4, 0.5) is 0 Å². The first-order valence-electron chi connectivity index (χ1n) is 11.3. The van der Waals surface area contributed by atoms with Gasteiger partial charge < -0.3 is 9.47 Å². The van der Waals surface area contributed by atoms with Gasteiger partial charge in [-0.2, -0.15) is 0 Å². The number of nitrogens with zero attached hydrogens (tertiary/aromatic N) is 1. The van der Waals surface area contributed by atoms with E-state index in [4.69, 9.17) is 9.47 Å². The van der Waals surface area contributed by atoms with Gasteiger partial charge in [-0.05, 0) is 51.0 Å². The lowest BCUT2D eigenvalue weighted by atomic mass is 10.1. The fraction of sp³-hybridized carbons (Fsp3) is 0.385. The molecule has 1 N–H and O–H groups in total. The summed E-state index contributed by atoms with van der Waals surface area (Å²) in [6.45, 7) is 7.35. The predicted molar refractivity (Wildman–Crippen MR) is 131 cm³/mol. The Morgan fingerprint density at radius 1 is 1.03 bits per heavy atom. The third-order valence-electron chi connectivity index (χ3n) is 5.22. The van der Waals surface area contributed by atoms with Crippen LogP contribution in [0.5, 0.6) is 0 Å². The lowest BCUT2D eigenvalue weighted by Gasteiger charge is -2.14. The highest BCUT2D eigenvalue weighted by Gasteiger charge is 2.14. The smallest absolute Gasteiger partial charge is 0.240 e. The van der Waals surface area contributed by atoms with Gasteiger partial charge in [-0.3, -0.25) is 4.57 Å². The van der Waals surface area contributed by atoms with E-state index in [2.05, 4.69) is 16.7 Å². The van der Waals surface area contributed by atoms with Gasteiger partial charge in [-0.15, -0.1) is 0 Å². The molecule has 0 bridgehead atoms. The number of aryl methyl sites for hydroxylation is 1. The van der Waals surface area contributed by atoms with Gasteiger partial charge in [0.2, 0.25) is 10.0 Å². The zero-order valence-corrected chi connectivity index (χ0v) is 20.3. The van der Waals surface area contributed by atoms with E-state index in [9.17, 15) is 8.42 Å². The van der Waals surface area contributed by atoms with Gasteiger partial charge in [0.1, 0.15) is 0 Å². The molecular formula is C26H32N2O4S. The van der Waals surface area contributed by atoms with Gasteiger partial charge in [0.05, 0.1) is 10.4 Å². The number of fused-ring (bicyclic) bond motifs is 1. The summed E-state index contributed by atoms with van der Waals surface area (Å²) in [5, 5.41) is 1.07. The van der Waals surface area contributed by atoms with Crippen LogP contribution in [0.3, 0.4) is 0 Å². The molecular weight excluding hydrogens is 436 g/mol. The summed E-state index contributed by atoms with van der Waals surface area (Å²) >= 11 is 0. The zero-order chi connectivity index (χ0) is 23.7. The largest absolute Gasteiger partial charge is 0.353 e. The van der Waals surface area contributed by atoms with E-state index in [0.29, 0.717) is 39.0 Å². The second-order valence-electron chi connectivity index (χ2n) is 7.67. The summed E-state index contributed by atoms with van der Waals surface area (Å²) in [7, 11) is -3.54. The number of hydrogen-bond donors (Lipinski definition) is 1. The quantitative estimate of drug-likeness (QED) is 0.333. The normalized spacial score (nSPS) is 11.6. The van der Waals surface area contributed by atoms with Crippen LogP contribution in [0.2, 0.25) is 0 Å². The molecule has 0 fully saturated rings. The molecule has 0 aliphatic heterocycles. The Labute approximate surface area is 197 Å². The Morgan fingerprint density at radius 3 is 2.42 bits per heavy atom. The standard InChI is InChI=1S/C26H32N2O4S/c1-4-31-26(32-5-2)12-8-9-19-28-20-22(24-10-6-7-11-25(24)28)17-18-27-33(29,30)23-15-13-21(3)14-16-23/h6-7,10-11,13-16,20,26-27H,4-5,8,12,17-18H2,1-3H3. The molecule has 0 atom stereocenters. The molecule has 0 aliphatic rings. The van der Waals surface area contributed by atoms with Crippen LogP contribution in [0, 0.1) is 18.9 Å². The molecule has 0 radical (unpaired) electrons.